The number of carbonyl (C=O) groups is 1. The Morgan fingerprint density at radius 1 is 1.50 bits per heavy atom. The first-order valence-electron chi connectivity index (χ1n) is 6.41. The molecule has 2 atom stereocenters. The Morgan fingerprint density at radius 2 is 2.35 bits per heavy atom. The Hall–Kier alpha value is -1.66. The third-order valence-electron chi connectivity index (χ3n) is 3.61. The lowest BCUT2D eigenvalue weighted by molar-refractivity contribution is -0.141. The van der Waals surface area contributed by atoms with Crippen LogP contribution in [0.25, 0.3) is 5.69 Å². The monoisotopic (exact) mass is 335 g/mol. The number of benzene rings is 1. The van der Waals surface area contributed by atoms with Gasteiger partial charge >= 0.3 is 5.97 Å². The zero-order valence-electron chi connectivity index (χ0n) is 10.7. The highest BCUT2D eigenvalue weighted by molar-refractivity contribution is 9.10. The lowest BCUT2D eigenvalue weighted by Crippen LogP contribution is -2.17. The minimum Gasteiger partial charge on any atom is -0.481 e. The average molecular weight is 336 g/mol. The van der Waals surface area contributed by atoms with Crippen LogP contribution >= 0.6 is 15.9 Å². The Morgan fingerprint density at radius 3 is 2.95 bits per heavy atom. The van der Waals surface area contributed by atoms with Gasteiger partial charge in [-0.3, -0.25) is 4.79 Å². The van der Waals surface area contributed by atoms with Crippen LogP contribution in [-0.2, 0) is 4.79 Å². The van der Waals surface area contributed by atoms with E-state index < -0.39 is 5.97 Å². The molecule has 0 saturated carbocycles. The fraction of sp³-hybridized carbons (Fsp3) is 0.286. The average Bonchev–Trinajstić information content (AvgIpc) is 3.10. The van der Waals surface area contributed by atoms with Crippen molar-refractivity contribution in [1.29, 1.82) is 0 Å². The van der Waals surface area contributed by atoms with Gasteiger partial charge in [-0.05, 0) is 46.1 Å². The molecule has 0 bridgehead atoms. The van der Waals surface area contributed by atoms with E-state index in [1.54, 1.807) is 10.9 Å². The fourth-order valence-electron chi connectivity index (χ4n) is 2.51. The molecule has 6 heteroatoms. The van der Waals surface area contributed by atoms with Crippen molar-refractivity contribution in [1.82, 2.24) is 15.1 Å². The van der Waals surface area contributed by atoms with Crippen molar-refractivity contribution < 1.29 is 9.90 Å². The van der Waals surface area contributed by atoms with Crippen molar-refractivity contribution in [3.05, 3.63) is 46.7 Å². The smallest absolute Gasteiger partial charge is 0.307 e. The van der Waals surface area contributed by atoms with E-state index in [2.05, 4.69) is 26.3 Å². The second-order valence-corrected chi connectivity index (χ2v) is 5.75. The first kappa shape index (κ1) is 13.3. The molecule has 0 radical (unpaired) electrons. The SMILES string of the molecule is O=C(O)C1CNC(c2ccc(-n3cccn3)c(Br)c2)C1. The van der Waals surface area contributed by atoms with Crippen molar-refractivity contribution in [3.8, 4) is 5.69 Å². The Bertz CT molecular complexity index is 627. The van der Waals surface area contributed by atoms with Crippen LogP contribution in [0.1, 0.15) is 18.0 Å². The van der Waals surface area contributed by atoms with E-state index in [1.165, 1.54) is 0 Å². The fourth-order valence-corrected chi connectivity index (χ4v) is 3.09. The van der Waals surface area contributed by atoms with Crippen LogP contribution in [0.15, 0.2) is 41.1 Å². The molecule has 5 nitrogen and oxygen atoms in total. The second kappa shape index (κ2) is 5.38. The molecule has 0 spiro atoms. The highest BCUT2D eigenvalue weighted by atomic mass is 79.9. The van der Waals surface area contributed by atoms with E-state index in [0.717, 1.165) is 15.7 Å². The van der Waals surface area contributed by atoms with Gasteiger partial charge in [-0.15, -0.1) is 0 Å². The first-order valence-corrected chi connectivity index (χ1v) is 7.20. The van der Waals surface area contributed by atoms with Crippen LogP contribution in [-0.4, -0.2) is 27.4 Å². The molecule has 1 aromatic heterocycles. The Kier molecular flexibility index (Phi) is 3.58. The molecule has 20 heavy (non-hydrogen) atoms. The highest BCUT2D eigenvalue weighted by Gasteiger charge is 2.30. The zero-order valence-corrected chi connectivity index (χ0v) is 12.2. The summed E-state index contributed by atoms with van der Waals surface area (Å²) < 4.78 is 2.73. The normalized spacial score (nSPS) is 22.1. The molecule has 2 aromatic rings. The highest BCUT2D eigenvalue weighted by Crippen LogP contribution is 2.31. The summed E-state index contributed by atoms with van der Waals surface area (Å²) in [6.45, 7) is 0.526. The van der Waals surface area contributed by atoms with Gasteiger partial charge in [-0.25, -0.2) is 4.68 Å². The Balaban J connectivity index is 1.83. The number of carboxylic acid groups (broad SMARTS) is 1. The van der Waals surface area contributed by atoms with E-state index >= 15 is 0 Å². The quantitative estimate of drug-likeness (QED) is 0.903. The van der Waals surface area contributed by atoms with Crippen molar-refractivity contribution in [2.45, 2.75) is 12.5 Å². The molecule has 2 heterocycles. The molecular formula is C14H14BrN3O2. The molecule has 1 aliphatic heterocycles. The molecule has 2 unspecified atom stereocenters. The van der Waals surface area contributed by atoms with Crippen LogP contribution in [0.3, 0.4) is 0 Å². The molecular weight excluding hydrogens is 322 g/mol. The Labute approximate surface area is 124 Å². The van der Waals surface area contributed by atoms with Gasteiger partial charge in [0.25, 0.3) is 0 Å². The number of aliphatic carboxylic acids is 1. The van der Waals surface area contributed by atoms with E-state index in [9.17, 15) is 4.79 Å². The molecule has 104 valence electrons. The van der Waals surface area contributed by atoms with Crippen molar-refractivity contribution in [3.63, 3.8) is 0 Å². The molecule has 1 fully saturated rings. The zero-order chi connectivity index (χ0) is 14.1. The second-order valence-electron chi connectivity index (χ2n) is 4.89. The minimum atomic E-state index is -0.729. The maximum Gasteiger partial charge on any atom is 0.307 e. The van der Waals surface area contributed by atoms with Crippen LogP contribution < -0.4 is 5.32 Å². The third-order valence-corrected chi connectivity index (χ3v) is 4.24. The van der Waals surface area contributed by atoms with Crippen LogP contribution in [0, 0.1) is 5.92 Å². The first-order chi connectivity index (χ1) is 9.65. The number of rotatable bonds is 3. The summed E-state index contributed by atoms with van der Waals surface area (Å²) in [4.78, 5) is 11.0. The van der Waals surface area contributed by atoms with Gasteiger partial charge < -0.3 is 10.4 Å². The van der Waals surface area contributed by atoms with Crippen molar-refractivity contribution in [2.24, 2.45) is 5.92 Å². The molecule has 2 N–H and O–H groups in total. The number of hydrogen-bond donors (Lipinski definition) is 2. The van der Waals surface area contributed by atoms with E-state index in [4.69, 9.17) is 5.11 Å². The summed E-state index contributed by atoms with van der Waals surface area (Å²) in [6.07, 6.45) is 4.24. The van der Waals surface area contributed by atoms with Crippen LogP contribution in [0.4, 0.5) is 0 Å². The maximum absolute atomic E-state index is 11.0. The summed E-state index contributed by atoms with van der Waals surface area (Å²) in [5.41, 5.74) is 2.06. The standard InChI is InChI=1S/C14H14BrN3O2/c15-11-6-9(12-7-10(8-16-12)14(19)20)2-3-13(11)18-5-1-4-17-18/h1-6,10,12,16H,7-8H2,(H,19,20). The van der Waals surface area contributed by atoms with Gasteiger partial charge in [0.15, 0.2) is 0 Å². The summed E-state index contributed by atoms with van der Waals surface area (Å²) in [6, 6.07) is 8.00. The van der Waals surface area contributed by atoms with E-state index in [0.29, 0.717) is 13.0 Å². The molecule has 0 aliphatic carbocycles. The van der Waals surface area contributed by atoms with Gasteiger partial charge in [0.05, 0.1) is 11.6 Å². The summed E-state index contributed by atoms with van der Waals surface area (Å²) in [7, 11) is 0. The number of carboxylic acids is 1. The number of nitrogens with one attached hydrogen (secondary N) is 1. The van der Waals surface area contributed by atoms with Crippen molar-refractivity contribution in [2.75, 3.05) is 6.54 Å². The molecule has 3 rings (SSSR count). The van der Waals surface area contributed by atoms with Gasteiger partial charge in [-0.2, -0.15) is 5.10 Å². The summed E-state index contributed by atoms with van der Waals surface area (Å²) >= 11 is 3.55. The van der Waals surface area contributed by atoms with E-state index in [1.807, 2.05) is 30.5 Å². The van der Waals surface area contributed by atoms with Crippen molar-refractivity contribution >= 4 is 21.9 Å². The largest absolute Gasteiger partial charge is 0.481 e. The lowest BCUT2D eigenvalue weighted by Gasteiger charge is -2.13. The topological polar surface area (TPSA) is 67.2 Å². The van der Waals surface area contributed by atoms with Gasteiger partial charge in [0, 0.05) is 29.5 Å². The lowest BCUT2D eigenvalue weighted by atomic mass is 10.00. The molecule has 0 amide bonds. The number of aromatic nitrogens is 2. The van der Waals surface area contributed by atoms with Gasteiger partial charge in [0.1, 0.15) is 0 Å². The predicted molar refractivity (Wildman–Crippen MR) is 77.8 cm³/mol. The summed E-state index contributed by atoms with van der Waals surface area (Å²) in [5.74, 6) is -1.03. The van der Waals surface area contributed by atoms with Gasteiger partial charge in [-0.1, -0.05) is 6.07 Å². The minimum absolute atomic E-state index is 0.0964. The maximum atomic E-state index is 11.0. The molecule has 1 aliphatic rings. The van der Waals surface area contributed by atoms with Gasteiger partial charge in [0.2, 0.25) is 0 Å². The van der Waals surface area contributed by atoms with Crippen LogP contribution in [0.2, 0.25) is 0 Å². The van der Waals surface area contributed by atoms with Crippen LogP contribution in [0.5, 0.6) is 0 Å². The molecule has 1 aromatic carbocycles. The number of nitrogens with zero attached hydrogens (tertiary/aromatic N) is 2. The third kappa shape index (κ3) is 2.48. The predicted octanol–water partition coefficient (Wildman–Crippen LogP) is 2.37. The molecule has 1 saturated heterocycles. The number of halogens is 1. The number of hydrogen-bond acceptors (Lipinski definition) is 3. The van der Waals surface area contributed by atoms with E-state index in [-0.39, 0.29) is 12.0 Å². The summed E-state index contributed by atoms with van der Waals surface area (Å²) in [5, 5.41) is 16.5.